The van der Waals surface area contributed by atoms with Gasteiger partial charge in [-0.2, -0.15) is 0 Å². The van der Waals surface area contributed by atoms with Gasteiger partial charge >= 0.3 is 0 Å². The number of hydrogen-bond donors (Lipinski definition) is 1. The van der Waals surface area contributed by atoms with E-state index in [9.17, 15) is 4.79 Å². The second-order valence-corrected chi connectivity index (χ2v) is 4.41. The molecule has 0 aromatic rings. The van der Waals surface area contributed by atoms with E-state index in [4.69, 9.17) is 0 Å². The summed E-state index contributed by atoms with van der Waals surface area (Å²) in [6.07, 6.45) is 6.42. The molecule has 11 heavy (non-hydrogen) atoms. The van der Waals surface area contributed by atoms with Gasteiger partial charge in [0.15, 0.2) is 0 Å². The molecule has 3 saturated carbocycles. The molecule has 0 bridgehead atoms. The predicted octanol–water partition coefficient (Wildman–Crippen LogP) is 0.921. The summed E-state index contributed by atoms with van der Waals surface area (Å²) in [4.78, 5) is 10.2. The lowest BCUT2D eigenvalue weighted by atomic mass is 9.71. The van der Waals surface area contributed by atoms with Crippen LogP contribution in [0.2, 0.25) is 0 Å². The molecule has 3 rings (SSSR count). The molecule has 0 aromatic heterocycles. The summed E-state index contributed by atoms with van der Waals surface area (Å²) in [5.74, 6) is 1.84. The van der Waals surface area contributed by atoms with Crippen LogP contribution in [0.5, 0.6) is 0 Å². The van der Waals surface area contributed by atoms with Crippen molar-refractivity contribution in [2.45, 2.75) is 31.7 Å². The summed E-state index contributed by atoms with van der Waals surface area (Å²) in [6, 6.07) is 0.542. The largest absolute Gasteiger partial charge is 0.356 e. The van der Waals surface area contributed by atoms with E-state index in [1.54, 1.807) is 0 Å². The third-order valence-corrected chi connectivity index (χ3v) is 4.26. The van der Waals surface area contributed by atoms with Gasteiger partial charge in [-0.15, -0.1) is 0 Å². The predicted molar refractivity (Wildman–Crippen MR) is 40.9 cm³/mol. The maximum absolute atomic E-state index is 10.2. The molecule has 60 valence electrons. The highest BCUT2D eigenvalue weighted by Gasteiger charge is 2.70. The van der Waals surface area contributed by atoms with Gasteiger partial charge in [-0.3, -0.25) is 4.79 Å². The van der Waals surface area contributed by atoms with Crippen molar-refractivity contribution < 1.29 is 4.79 Å². The Hall–Kier alpha value is -0.530. The number of carbonyl (C=O) groups is 1. The average Bonchev–Trinajstić information content (AvgIpc) is 2.67. The van der Waals surface area contributed by atoms with Gasteiger partial charge in [0.05, 0.1) is 0 Å². The minimum absolute atomic E-state index is 0.542. The van der Waals surface area contributed by atoms with E-state index in [-0.39, 0.29) is 0 Å². The van der Waals surface area contributed by atoms with E-state index < -0.39 is 0 Å². The van der Waals surface area contributed by atoms with Crippen LogP contribution >= 0.6 is 0 Å². The second-order valence-electron chi connectivity index (χ2n) is 4.41. The van der Waals surface area contributed by atoms with Crippen molar-refractivity contribution in [2.24, 2.45) is 17.3 Å². The molecule has 0 aliphatic heterocycles. The van der Waals surface area contributed by atoms with E-state index in [2.05, 4.69) is 5.32 Å². The second kappa shape index (κ2) is 1.62. The van der Waals surface area contributed by atoms with Crippen molar-refractivity contribution in [1.29, 1.82) is 0 Å². The van der Waals surface area contributed by atoms with Crippen molar-refractivity contribution in [3.8, 4) is 0 Å². The van der Waals surface area contributed by atoms with E-state index in [1.807, 2.05) is 0 Å². The zero-order valence-electron chi connectivity index (χ0n) is 6.55. The van der Waals surface area contributed by atoms with Gasteiger partial charge in [0.2, 0.25) is 6.41 Å². The molecular weight excluding hydrogens is 138 g/mol. The van der Waals surface area contributed by atoms with E-state index >= 15 is 0 Å². The van der Waals surface area contributed by atoms with Crippen molar-refractivity contribution >= 4 is 6.41 Å². The molecule has 3 aliphatic carbocycles. The van der Waals surface area contributed by atoms with Crippen LogP contribution in [0.4, 0.5) is 0 Å². The van der Waals surface area contributed by atoms with Gasteiger partial charge in [-0.05, 0) is 42.9 Å². The van der Waals surface area contributed by atoms with Crippen molar-refractivity contribution in [1.82, 2.24) is 5.32 Å². The molecule has 3 fully saturated rings. The number of amides is 1. The van der Waals surface area contributed by atoms with Gasteiger partial charge in [-0.25, -0.2) is 0 Å². The maximum Gasteiger partial charge on any atom is 0.207 e. The van der Waals surface area contributed by atoms with Crippen LogP contribution in [-0.4, -0.2) is 12.5 Å². The summed E-state index contributed by atoms with van der Waals surface area (Å²) in [5.41, 5.74) is 0.751. The average molecular weight is 151 g/mol. The van der Waals surface area contributed by atoms with Gasteiger partial charge in [0, 0.05) is 6.04 Å². The molecule has 0 heterocycles. The molecule has 1 spiro atoms. The van der Waals surface area contributed by atoms with Crippen LogP contribution in [0.15, 0.2) is 0 Å². The smallest absolute Gasteiger partial charge is 0.207 e. The molecule has 2 heteroatoms. The van der Waals surface area contributed by atoms with Crippen LogP contribution in [0.1, 0.15) is 25.7 Å². The first-order valence-corrected chi connectivity index (χ1v) is 4.56. The highest BCUT2D eigenvalue weighted by Crippen LogP contribution is 2.75. The lowest BCUT2D eigenvalue weighted by molar-refractivity contribution is -0.110. The third kappa shape index (κ3) is 0.534. The maximum atomic E-state index is 10.2. The molecular formula is C9H13NO. The molecule has 3 aliphatic rings. The fourth-order valence-electron chi connectivity index (χ4n) is 3.46. The van der Waals surface area contributed by atoms with Crippen LogP contribution in [0.3, 0.4) is 0 Å². The number of hydrogen-bond acceptors (Lipinski definition) is 1. The Balaban J connectivity index is 1.78. The lowest BCUT2D eigenvalue weighted by Crippen LogP contribution is -2.28. The summed E-state index contributed by atoms with van der Waals surface area (Å²) in [7, 11) is 0. The minimum Gasteiger partial charge on any atom is -0.356 e. The van der Waals surface area contributed by atoms with Crippen LogP contribution in [0.25, 0.3) is 0 Å². The molecule has 1 amide bonds. The SMILES string of the molecule is O=CNC1CC2CCC23CC13. The zero-order valence-corrected chi connectivity index (χ0v) is 6.55. The van der Waals surface area contributed by atoms with Gasteiger partial charge < -0.3 is 5.32 Å². The fraction of sp³-hybridized carbons (Fsp3) is 0.889. The van der Waals surface area contributed by atoms with Crippen LogP contribution in [-0.2, 0) is 4.79 Å². The fourth-order valence-corrected chi connectivity index (χ4v) is 3.46. The highest BCUT2D eigenvalue weighted by atomic mass is 16.1. The zero-order chi connectivity index (χ0) is 7.47. The van der Waals surface area contributed by atoms with Crippen molar-refractivity contribution in [3.05, 3.63) is 0 Å². The molecule has 4 unspecified atom stereocenters. The van der Waals surface area contributed by atoms with Crippen LogP contribution in [0, 0.1) is 17.3 Å². The molecule has 0 aromatic carbocycles. The quantitative estimate of drug-likeness (QED) is 0.584. The Morgan fingerprint density at radius 3 is 2.82 bits per heavy atom. The first-order chi connectivity index (χ1) is 5.37. The molecule has 0 radical (unpaired) electrons. The third-order valence-electron chi connectivity index (χ3n) is 4.26. The molecule has 1 N–H and O–H groups in total. The van der Waals surface area contributed by atoms with Gasteiger partial charge in [0.1, 0.15) is 0 Å². The van der Waals surface area contributed by atoms with Gasteiger partial charge in [0.25, 0.3) is 0 Å². The number of nitrogens with one attached hydrogen (secondary N) is 1. The van der Waals surface area contributed by atoms with Crippen LogP contribution < -0.4 is 5.32 Å². The molecule has 2 nitrogen and oxygen atoms in total. The number of carbonyl (C=O) groups excluding carboxylic acids is 1. The first-order valence-electron chi connectivity index (χ1n) is 4.56. The van der Waals surface area contributed by atoms with Crippen molar-refractivity contribution in [2.75, 3.05) is 0 Å². The van der Waals surface area contributed by atoms with E-state index in [0.717, 1.165) is 23.7 Å². The highest BCUT2D eigenvalue weighted by molar-refractivity contribution is 5.48. The van der Waals surface area contributed by atoms with Gasteiger partial charge in [-0.1, -0.05) is 0 Å². The Kier molecular flexibility index (Phi) is 0.890. The normalized spacial score (nSPS) is 57.3. The molecule has 4 atom stereocenters. The lowest BCUT2D eigenvalue weighted by Gasteiger charge is -2.33. The summed E-state index contributed by atoms with van der Waals surface area (Å²) in [5, 5.41) is 2.95. The monoisotopic (exact) mass is 151 g/mol. The van der Waals surface area contributed by atoms with E-state index in [0.29, 0.717) is 6.04 Å². The Bertz CT molecular complexity index is 216. The minimum atomic E-state index is 0.542. The first kappa shape index (κ1) is 6.04. The topological polar surface area (TPSA) is 29.1 Å². The number of rotatable bonds is 2. The Morgan fingerprint density at radius 2 is 2.45 bits per heavy atom. The van der Waals surface area contributed by atoms with E-state index in [1.165, 1.54) is 25.7 Å². The summed E-state index contributed by atoms with van der Waals surface area (Å²) in [6.45, 7) is 0. The Morgan fingerprint density at radius 1 is 1.55 bits per heavy atom. The Labute approximate surface area is 66.4 Å². The molecule has 0 saturated heterocycles. The summed E-state index contributed by atoms with van der Waals surface area (Å²) < 4.78 is 0. The summed E-state index contributed by atoms with van der Waals surface area (Å²) >= 11 is 0. The van der Waals surface area contributed by atoms with Crippen molar-refractivity contribution in [3.63, 3.8) is 0 Å². The standard InChI is InChI=1S/C9H13NO/c11-5-10-8-3-6-1-2-9(6)4-7(8)9/h5-8H,1-4H2,(H,10,11).